The number of carboxylic acid groups (broad SMARTS) is 1. The number of aliphatic carboxylic acids is 1. The van der Waals surface area contributed by atoms with E-state index in [0.717, 1.165) is 44.8 Å². The largest absolute Gasteiger partial charge is 0.481 e. The summed E-state index contributed by atoms with van der Waals surface area (Å²) < 4.78 is 14.9. The van der Waals surface area contributed by atoms with Gasteiger partial charge in [0.05, 0.1) is 21.7 Å². The van der Waals surface area contributed by atoms with E-state index in [1.54, 1.807) is 6.07 Å². The van der Waals surface area contributed by atoms with E-state index in [2.05, 4.69) is 22.2 Å². The van der Waals surface area contributed by atoms with Crippen LogP contribution in [0.4, 0.5) is 10.2 Å². The molecule has 0 saturated heterocycles. The van der Waals surface area contributed by atoms with E-state index < -0.39 is 5.97 Å². The highest BCUT2D eigenvalue weighted by atomic mass is 32.1. The van der Waals surface area contributed by atoms with Gasteiger partial charge in [0.25, 0.3) is 0 Å². The fourth-order valence-corrected chi connectivity index (χ4v) is 5.48. The molecule has 3 aromatic heterocycles. The van der Waals surface area contributed by atoms with Crippen LogP contribution >= 0.6 is 22.7 Å². The number of hydrogen-bond donors (Lipinski definition) is 2. The fraction of sp³-hybridized carbons (Fsp3) is 0.261. The zero-order valence-corrected chi connectivity index (χ0v) is 18.7. The maximum Gasteiger partial charge on any atom is 0.308 e. The van der Waals surface area contributed by atoms with Gasteiger partial charge in [0.2, 0.25) is 0 Å². The molecule has 160 valence electrons. The Bertz CT molecular complexity index is 1220. The molecule has 4 rings (SSSR count). The van der Waals surface area contributed by atoms with Crippen LogP contribution < -0.4 is 5.32 Å². The second-order valence-electron chi connectivity index (χ2n) is 7.26. The molecule has 1 aromatic carbocycles. The monoisotopic (exact) mass is 455 g/mol. The second-order valence-corrected chi connectivity index (χ2v) is 9.31. The summed E-state index contributed by atoms with van der Waals surface area (Å²) in [6, 6.07) is 9.46. The normalized spacial score (nSPS) is 11.2. The topological polar surface area (TPSA) is 75.1 Å². The van der Waals surface area contributed by atoms with Gasteiger partial charge < -0.3 is 10.4 Å². The van der Waals surface area contributed by atoms with E-state index in [4.69, 9.17) is 0 Å². The van der Waals surface area contributed by atoms with E-state index >= 15 is 0 Å². The van der Waals surface area contributed by atoms with Crippen LogP contribution in [-0.2, 0) is 24.1 Å². The zero-order valence-electron chi connectivity index (χ0n) is 17.0. The average molecular weight is 456 g/mol. The van der Waals surface area contributed by atoms with Gasteiger partial charge in [-0.15, -0.1) is 22.7 Å². The van der Waals surface area contributed by atoms with Crippen molar-refractivity contribution < 1.29 is 14.3 Å². The number of halogens is 1. The minimum absolute atomic E-state index is 0.0290. The van der Waals surface area contributed by atoms with Gasteiger partial charge in [0.15, 0.2) is 0 Å². The Labute approximate surface area is 187 Å². The lowest BCUT2D eigenvalue weighted by Gasteiger charge is -2.07. The summed E-state index contributed by atoms with van der Waals surface area (Å²) in [5, 5.41) is 15.3. The lowest BCUT2D eigenvalue weighted by molar-refractivity contribution is -0.136. The van der Waals surface area contributed by atoms with Crippen LogP contribution in [-0.4, -0.2) is 27.6 Å². The Morgan fingerprint density at radius 2 is 2.06 bits per heavy atom. The number of rotatable bonds is 9. The second kappa shape index (κ2) is 9.53. The number of fused-ring (bicyclic) bond motifs is 1. The summed E-state index contributed by atoms with van der Waals surface area (Å²) >= 11 is 2.89. The summed E-state index contributed by atoms with van der Waals surface area (Å²) in [6.45, 7) is 2.69. The highest BCUT2D eigenvalue weighted by molar-refractivity contribution is 7.17. The number of aromatic nitrogens is 2. The number of thiophene rings is 2. The van der Waals surface area contributed by atoms with E-state index in [1.807, 2.05) is 29.6 Å². The Kier molecular flexibility index (Phi) is 6.58. The Balaban J connectivity index is 1.46. The zero-order chi connectivity index (χ0) is 21.8. The fourth-order valence-electron chi connectivity index (χ4n) is 3.53. The predicted molar refractivity (Wildman–Crippen MR) is 125 cm³/mol. The van der Waals surface area contributed by atoms with Crippen LogP contribution in [0.25, 0.3) is 20.7 Å². The van der Waals surface area contributed by atoms with Crippen LogP contribution in [0.5, 0.6) is 0 Å². The highest BCUT2D eigenvalue weighted by Gasteiger charge is 2.14. The first kappa shape index (κ1) is 21.4. The van der Waals surface area contributed by atoms with Crippen LogP contribution in [0.1, 0.15) is 29.3 Å². The van der Waals surface area contributed by atoms with Crippen molar-refractivity contribution in [1.82, 2.24) is 9.97 Å². The molecule has 0 bridgehead atoms. The Hall–Kier alpha value is -2.84. The van der Waals surface area contributed by atoms with Crippen LogP contribution in [0.3, 0.4) is 0 Å². The van der Waals surface area contributed by atoms with Crippen molar-refractivity contribution in [3.05, 3.63) is 63.9 Å². The van der Waals surface area contributed by atoms with E-state index in [-0.39, 0.29) is 12.2 Å². The summed E-state index contributed by atoms with van der Waals surface area (Å²) in [5.74, 6) is -0.315. The predicted octanol–water partition coefficient (Wildman–Crippen LogP) is 5.79. The summed E-state index contributed by atoms with van der Waals surface area (Å²) in [5.41, 5.74) is 2.78. The van der Waals surface area contributed by atoms with Gasteiger partial charge >= 0.3 is 5.97 Å². The molecular weight excluding hydrogens is 433 g/mol. The first-order valence-electron chi connectivity index (χ1n) is 10.1. The maximum atomic E-state index is 14.2. The number of carboxylic acids is 1. The third-order valence-corrected chi connectivity index (χ3v) is 7.07. The van der Waals surface area contributed by atoms with Crippen molar-refractivity contribution >= 4 is 44.5 Å². The molecule has 3 heterocycles. The number of hydrogen-bond acceptors (Lipinski definition) is 6. The smallest absolute Gasteiger partial charge is 0.308 e. The van der Waals surface area contributed by atoms with Crippen molar-refractivity contribution in [2.24, 2.45) is 0 Å². The first-order valence-corrected chi connectivity index (χ1v) is 11.8. The number of anilines is 1. The van der Waals surface area contributed by atoms with Gasteiger partial charge in [-0.1, -0.05) is 19.4 Å². The van der Waals surface area contributed by atoms with Gasteiger partial charge in [-0.05, 0) is 52.9 Å². The minimum atomic E-state index is -0.826. The van der Waals surface area contributed by atoms with Crippen molar-refractivity contribution in [2.75, 3.05) is 11.9 Å². The van der Waals surface area contributed by atoms with Gasteiger partial charge in [-0.25, -0.2) is 14.4 Å². The molecule has 0 unspecified atom stereocenters. The molecule has 0 aliphatic heterocycles. The van der Waals surface area contributed by atoms with E-state index in [9.17, 15) is 14.3 Å². The Morgan fingerprint density at radius 3 is 2.87 bits per heavy atom. The van der Waals surface area contributed by atoms with Crippen LogP contribution in [0.15, 0.2) is 42.0 Å². The molecule has 0 fully saturated rings. The maximum absolute atomic E-state index is 14.2. The molecule has 8 heteroatoms. The lowest BCUT2D eigenvalue weighted by Crippen LogP contribution is -2.06. The van der Waals surface area contributed by atoms with Gasteiger partial charge in [0.1, 0.15) is 18.0 Å². The van der Waals surface area contributed by atoms with Crippen LogP contribution in [0, 0.1) is 5.82 Å². The SMILES string of the molecule is CCCc1cc(-c2cc(NCCc3cc(F)c4sccc4c3)ncn2)sc1CC(=O)O. The molecular formula is C23H22FN3O2S2. The number of benzene rings is 1. The molecule has 0 aliphatic carbocycles. The lowest BCUT2D eigenvalue weighted by atomic mass is 10.1. The van der Waals surface area contributed by atoms with Crippen LogP contribution in [0.2, 0.25) is 0 Å². The molecule has 0 spiro atoms. The first-order chi connectivity index (χ1) is 15.0. The molecule has 0 radical (unpaired) electrons. The number of nitrogens with one attached hydrogen (secondary N) is 1. The highest BCUT2D eigenvalue weighted by Crippen LogP contribution is 2.32. The third kappa shape index (κ3) is 5.08. The minimum Gasteiger partial charge on any atom is -0.481 e. The molecule has 0 amide bonds. The molecule has 4 aromatic rings. The van der Waals surface area contributed by atoms with Gasteiger partial charge in [-0.3, -0.25) is 4.79 Å². The van der Waals surface area contributed by atoms with Gasteiger partial charge in [0, 0.05) is 17.5 Å². The molecule has 0 atom stereocenters. The molecule has 0 aliphatic rings. The molecule has 5 nitrogen and oxygen atoms in total. The number of carbonyl (C=O) groups is 1. The standard InChI is InChI=1S/C23H22FN3O2S2/c1-2-3-15-10-20(31-19(15)12-22(28)29)18-11-21(27-13-26-18)25-6-4-14-8-16-5-7-30-23(16)17(24)9-14/h5,7-11,13H,2-4,6,12H2,1H3,(H,28,29)(H,25,26,27). The van der Waals surface area contributed by atoms with Crippen molar-refractivity contribution in [3.63, 3.8) is 0 Å². The third-order valence-electron chi connectivity index (χ3n) is 4.93. The Morgan fingerprint density at radius 1 is 1.19 bits per heavy atom. The summed E-state index contributed by atoms with van der Waals surface area (Å²) in [4.78, 5) is 21.7. The van der Waals surface area contributed by atoms with Crippen molar-refractivity contribution in [2.45, 2.75) is 32.6 Å². The summed E-state index contributed by atoms with van der Waals surface area (Å²) in [7, 11) is 0. The van der Waals surface area contributed by atoms with Crippen molar-refractivity contribution in [1.29, 1.82) is 0 Å². The summed E-state index contributed by atoms with van der Waals surface area (Å²) in [6.07, 6.45) is 4.01. The van der Waals surface area contributed by atoms with E-state index in [1.165, 1.54) is 29.0 Å². The van der Waals surface area contributed by atoms with E-state index in [0.29, 0.717) is 23.5 Å². The van der Waals surface area contributed by atoms with Gasteiger partial charge in [-0.2, -0.15) is 0 Å². The van der Waals surface area contributed by atoms with Crippen molar-refractivity contribution in [3.8, 4) is 10.6 Å². The molecule has 31 heavy (non-hydrogen) atoms. The number of aryl methyl sites for hydroxylation is 1. The quantitative estimate of drug-likeness (QED) is 0.334. The molecule has 2 N–H and O–H groups in total. The average Bonchev–Trinajstić information content (AvgIpc) is 3.36. The molecule has 0 saturated carbocycles. The number of nitrogens with zero attached hydrogens (tertiary/aromatic N) is 2.